The summed E-state index contributed by atoms with van der Waals surface area (Å²) in [7, 11) is 0. The van der Waals surface area contributed by atoms with E-state index in [0.717, 1.165) is 23.8 Å². The Labute approximate surface area is 161 Å². The van der Waals surface area contributed by atoms with E-state index in [1.807, 2.05) is 24.3 Å². The second-order valence-electron chi connectivity index (χ2n) is 6.55. The van der Waals surface area contributed by atoms with Crippen LogP contribution in [0.3, 0.4) is 0 Å². The topological polar surface area (TPSA) is 110 Å². The fourth-order valence-corrected chi connectivity index (χ4v) is 3.62. The predicted octanol–water partition coefficient (Wildman–Crippen LogP) is 2.08. The first-order valence-corrected chi connectivity index (χ1v) is 9.22. The molecule has 4 rings (SSSR count). The molecule has 5 N–H and O–H groups in total. The van der Waals surface area contributed by atoms with Gasteiger partial charge in [0.2, 0.25) is 5.36 Å². The number of carbonyl (C=O) groups excluding carboxylic acids is 1. The normalized spacial score (nSPS) is 11.2. The first kappa shape index (κ1) is 17.9. The molecule has 28 heavy (non-hydrogen) atoms. The smallest absolute Gasteiger partial charge is 0.265 e. The van der Waals surface area contributed by atoms with Crippen molar-refractivity contribution >= 4 is 33.5 Å². The summed E-state index contributed by atoms with van der Waals surface area (Å²) in [4.78, 5) is 17.1. The lowest BCUT2D eigenvalue weighted by Gasteiger charge is -2.12. The molecule has 1 heterocycles. The highest BCUT2D eigenvalue weighted by Crippen LogP contribution is 2.34. The van der Waals surface area contributed by atoms with Crippen LogP contribution in [0.25, 0.3) is 33.3 Å². The van der Waals surface area contributed by atoms with E-state index in [2.05, 4.69) is 23.8 Å². The summed E-state index contributed by atoms with van der Waals surface area (Å²) in [6.07, 6.45) is 0. The summed E-state index contributed by atoms with van der Waals surface area (Å²) >= 11 is 0. The van der Waals surface area contributed by atoms with E-state index >= 15 is 0 Å². The Kier molecular flexibility index (Phi) is 4.44. The lowest BCUT2D eigenvalue weighted by molar-refractivity contribution is 0.0955. The zero-order valence-corrected chi connectivity index (χ0v) is 15.8. The van der Waals surface area contributed by atoms with Crippen molar-refractivity contribution in [2.75, 3.05) is 18.8 Å². The Morgan fingerprint density at radius 3 is 2.68 bits per heavy atom. The van der Waals surface area contributed by atoms with E-state index in [4.69, 9.17) is 21.0 Å². The number of carbonyl (C=O) groups is 1. The molecule has 142 valence electrons. The molecule has 0 aromatic heterocycles. The summed E-state index contributed by atoms with van der Waals surface area (Å²) in [5.74, 6) is 5.62. The molecule has 2 aromatic rings. The van der Waals surface area contributed by atoms with E-state index in [-0.39, 0.29) is 0 Å². The van der Waals surface area contributed by atoms with Crippen molar-refractivity contribution in [3.05, 3.63) is 53.4 Å². The Balaban J connectivity index is 2.13. The van der Waals surface area contributed by atoms with Gasteiger partial charge in [0, 0.05) is 28.6 Å². The first-order valence-electron chi connectivity index (χ1n) is 9.22. The highest BCUT2D eigenvalue weighted by molar-refractivity contribution is 6.18. The minimum absolute atomic E-state index is 0.402. The first-order chi connectivity index (χ1) is 13.6. The van der Waals surface area contributed by atoms with Gasteiger partial charge in [-0.05, 0) is 26.0 Å². The molecule has 0 radical (unpaired) electrons. The van der Waals surface area contributed by atoms with Crippen molar-refractivity contribution in [1.82, 2.24) is 15.0 Å². The molecule has 1 aliphatic heterocycles. The standard InChI is InChI=1S/C21H21N5O2/c1-3-26(4-2)12-8-9-16-17(10-12)28-18-11-15(22)13-6-5-7-14(21(27)25-23)19(13)20(18)24-16/h5-11H,3-4H2,1-2H3,(H4,22,23,24,25,27)/p+1. The molecule has 1 amide bonds. The third-order valence-corrected chi connectivity index (χ3v) is 5.03. The van der Waals surface area contributed by atoms with Crippen molar-refractivity contribution in [2.45, 2.75) is 13.8 Å². The monoisotopic (exact) mass is 376 g/mol. The number of nitrogens with zero attached hydrogens (tertiary/aromatic N) is 2. The molecule has 0 atom stereocenters. The number of aromatic nitrogens is 1. The van der Waals surface area contributed by atoms with Crippen LogP contribution in [0.1, 0.15) is 24.2 Å². The Morgan fingerprint density at radius 2 is 1.96 bits per heavy atom. The minimum Gasteiger partial charge on any atom is -0.452 e. The Morgan fingerprint density at radius 1 is 1.18 bits per heavy atom. The van der Waals surface area contributed by atoms with Crippen LogP contribution in [0.15, 0.2) is 46.9 Å². The summed E-state index contributed by atoms with van der Waals surface area (Å²) in [5, 5.41) is 2.42. The molecule has 7 nitrogen and oxygen atoms in total. The zero-order valence-electron chi connectivity index (χ0n) is 15.8. The number of amides is 1. The van der Waals surface area contributed by atoms with Crippen LogP contribution in [0.5, 0.6) is 0 Å². The molecular formula is C21H22N5O2+. The molecule has 0 bridgehead atoms. The SMILES string of the molecule is CC[N+](CC)=c1ccc2nc3c(cc(N)c4cccc(C(=O)NN)c43)oc-2c1. The maximum absolute atomic E-state index is 12.3. The van der Waals surface area contributed by atoms with Gasteiger partial charge in [0.15, 0.2) is 11.3 Å². The number of hydrazine groups is 1. The van der Waals surface area contributed by atoms with Crippen molar-refractivity contribution in [1.29, 1.82) is 0 Å². The van der Waals surface area contributed by atoms with Gasteiger partial charge in [-0.15, -0.1) is 0 Å². The van der Waals surface area contributed by atoms with Crippen LogP contribution < -0.4 is 26.9 Å². The van der Waals surface area contributed by atoms with E-state index < -0.39 is 5.91 Å². The number of fused-ring (bicyclic) bond motifs is 4. The van der Waals surface area contributed by atoms with Gasteiger partial charge in [-0.3, -0.25) is 10.2 Å². The second kappa shape index (κ2) is 6.94. The van der Waals surface area contributed by atoms with Crippen molar-refractivity contribution in [3.8, 4) is 11.5 Å². The van der Waals surface area contributed by atoms with Gasteiger partial charge in [-0.1, -0.05) is 12.1 Å². The van der Waals surface area contributed by atoms with E-state index in [9.17, 15) is 4.79 Å². The van der Waals surface area contributed by atoms with Gasteiger partial charge in [0.1, 0.15) is 24.3 Å². The molecule has 0 spiro atoms. The second-order valence-corrected chi connectivity index (χ2v) is 6.55. The average molecular weight is 376 g/mol. The highest BCUT2D eigenvalue weighted by Gasteiger charge is 2.18. The fraction of sp³-hybridized carbons (Fsp3) is 0.190. The number of nitrogen functional groups attached to an aromatic ring is 2. The predicted molar refractivity (Wildman–Crippen MR) is 111 cm³/mol. The molecule has 0 saturated carbocycles. The highest BCUT2D eigenvalue weighted by atomic mass is 16.3. The summed E-state index contributed by atoms with van der Waals surface area (Å²) < 4.78 is 8.38. The van der Waals surface area contributed by atoms with E-state index in [1.54, 1.807) is 18.2 Å². The van der Waals surface area contributed by atoms with Gasteiger partial charge in [-0.2, -0.15) is 0 Å². The van der Waals surface area contributed by atoms with Crippen molar-refractivity contribution in [2.24, 2.45) is 5.84 Å². The number of hydrogen-bond acceptors (Lipinski definition) is 5. The Hall–Kier alpha value is -3.45. The number of rotatable bonds is 3. The maximum Gasteiger partial charge on any atom is 0.265 e. The molecule has 0 saturated heterocycles. The molecule has 1 aliphatic carbocycles. The molecule has 2 aromatic carbocycles. The third-order valence-electron chi connectivity index (χ3n) is 5.03. The van der Waals surface area contributed by atoms with Gasteiger partial charge in [-0.25, -0.2) is 15.4 Å². The zero-order chi connectivity index (χ0) is 19.8. The van der Waals surface area contributed by atoms with Gasteiger partial charge >= 0.3 is 0 Å². The fourth-order valence-electron chi connectivity index (χ4n) is 3.62. The largest absolute Gasteiger partial charge is 0.452 e. The van der Waals surface area contributed by atoms with Crippen molar-refractivity contribution in [3.63, 3.8) is 0 Å². The maximum atomic E-state index is 12.3. The van der Waals surface area contributed by atoms with Crippen LogP contribution in [-0.4, -0.2) is 24.0 Å². The lowest BCUT2D eigenvalue weighted by atomic mass is 10.0. The Bertz CT molecular complexity index is 1250. The summed E-state index contributed by atoms with van der Waals surface area (Å²) in [5.41, 5.74) is 11.1. The lowest BCUT2D eigenvalue weighted by Crippen LogP contribution is -2.30. The van der Waals surface area contributed by atoms with E-state index in [0.29, 0.717) is 39.2 Å². The molecule has 0 fully saturated rings. The van der Waals surface area contributed by atoms with Crippen molar-refractivity contribution < 1.29 is 9.21 Å². The quantitative estimate of drug-likeness (QED) is 0.0964. The number of hydrogen-bond donors (Lipinski definition) is 3. The molecule has 0 unspecified atom stereocenters. The van der Waals surface area contributed by atoms with Crippen LogP contribution in [0, 0.1) is 0 Å². The van der Waals surface area contributed by atoms with Gasteiger partial charge in [0.25, 0.3) is 5.91 Å². The molecular weight excluding hydrogens is 354 g/mol. The van der Waals surface area contributed by atoms with Crippen LogP contribution >= 0.6 is 0 Å². The van der Waals surface area contributed by atoms with Crippen LogP contribution in [0.4, 0.5) is 5.69 Å². The number of benzene rings is 3. The van der Waals surface area contributed by atoms with Gasteiger partial charge in [0.05, 0.1) is 11.6 Å². The summed E-state index contributed by atoms with van der Waals surface area (Å²) in [6, 6.07) is 13.0. The minimum atomic E-state index is -0.406. The number of nitrogens with two attached hydrogens (primary N) is 2. The van der Waals surface area contributed by atoms with Crippen LogP contribution in [-0.2, 0) is 0 Å². The third kappa shape index (κ3) is 2.76. The van der Waals surface area contributed by atoms with Crippen LogP contribution in [0.2, 0.25) is 0 Å². The summed E-state index contributed by atoms with van der Waals surface area (Å²) in [6.45, 7) is 6.02. The van der Waals surface area contributed by atoms with Gasteiger partial charge < -0.3 is 10.2 Å². The number of nitrogens with one attached hydrogen (secondary N) is 1. The molecule has 7 heteroatoms. The van der Waals surface area contributed by atoms with E-state index in [1.165, 1.54) is 0 Å². The molecule has 2 aliphatic rings. The number of anilines is 1. The average Bonchev–Trinajstić information content (AvgIpc) is 2.72.